The van der Waals surface area contributed by atoms with Crippen LogP contribution >= 0.6 is 0 Å². The Morgan fingerprint density at radius 2 is 0.627 bits per heavy atom. The molecule has 0 bridgehead atoms. The number of Topliss-reactive ketones (excluding diaryl/α,β-unsaturated/α-hetero) is 3. The number of benzene rings is 2. The number of hydrogen-bond donors (Lipinski definition) is 7. The molecule has 0 spiro atoms. The molecule has 0 unspecified atom stereocenters. The van der Waals surface area contributed by atoms with Crippen molar-refractivity contribution in [1.29, 1.82) is 0 Å². The van der Waals surface area contributed by atoms with Gasteiger partial charge in [0.15, 0.2) is 0 Å². The van der Waals surface area contributed by atoms with Crippen molar-refractivity contribution in [2.45, 2.75) is 276 Å². The highest BCUT2D eigenvalue weighted by molar-refractivity contribution is 5.80. The molecule has 2 aromatic rings. The van der Waals surface area contributed by atoms with Crippen LogP contribution in [-0.2, 0) is 71.4 Å². The molecule has 10 N–H and O–H groups in total. The first-order chi connectivity index (χ1) is 59.0. The highest BCUT2D eigenvalue weighted by atomic mass is 19.1. The largest absolute Gasteiger partial charge is 0.481 e. The van der Waals surface area contributed by atoms with E-state index < -0.39 is 31.2 Å². The SMILES string of the molecule is C.C.CC(=O)O.CC(=O)O.CC1=C(C)C(C)(CCCC(=O)CCOCCOCCN)C(C)=C1C.CC1=C(C)C(C)(CCCC(=O)CCOCCOCCN)C(C)=C1C.CC1=C(C)C(C)(CCCC(=O)CCOCCOCCNC(=O)OCC2c3ccccc3-c3ccccc32)C(C)=C1C.CC1=C(C)C(C)(CCN)C(C)=C1C.CCCOCCOCCC(=O)O.[2H]CF. The summed E-state index contributed by atoms with van der Waals surface area (Å²) in [6.07, 6.45) is 10.8. The maximum atomic E-state index is 12.3. The summed E-state index contributed by atoms with van der Waals surface area (Å²) in [5, 5.41) is 25.8. The number of carboxylic acids is 3. The molecule has 0 radical (unpaired) electrons. The number of rotatable bonds is 49. The first-order valence-electron chi connectivity index (χ1n) is 45.0. The van der Waals surface area contributed by atoms with Crippen LogP contribution in [0.5, 0.6) is 0 Å². The Bertz CT molecular complexity index is 3670. The summed E-state index contributed by atoms with van der Waals surface area (Å²) in [5.74, 6) is -1.63. The Balaban J connectivity index is -0.00000155. The lowest BCUT2D eigenvalue weighted by Gasteiger charge is -2.29. The van der Waals surface area contributed by atoms with Crippen LogP contribution in [0.15, 0.2) is 138 Å². The Morgan fingerprint density at radius 3 is 0.889 bits per heavy atom. The normalized spacial score (nSPS) is 15.4. The molecule has 0 saturated carbocycles. The van der Waals surface area contributed by atoms with Crippen molar-refractivity contribution in [2.75, 3.05) is 146 Å². The van der Waals surface area contributed by atoms with Gasteiger partial charge in [-0.3, -0.25) is 33.2 Å². The Morgan fingerprint density at radius 1 is 0.381 bits per heavy atom. The van der Waals surface area contributed by atoms with Gasteiger partial charge < -0.3 is 80.5 Å². The average molecular weight is 1780 g/mol. The fourth-order valence-electron chi connectivity index (χ4n) is 16.0. The molecule has 23 nitrogen and oxygen atoms in total. The number of carboxylic acid groups (broad SMARTS) is 3. The number of carbonyl (C=O) groups is 7. The molecule has 0 atom stereocenters. The third-order valence-electron chi connectivity index (χ3n) is 25.7. The molecule has 24 heteroatoms. The summed E-state index contributed by atoms with van der Waals surface area (Å²) >= 11 is 0. The molecule has 0 aromatic heterocycles. The van der Waals surface area contributed by atoms with Crippen molar-refractivity contribution in [2.24, 2.45) is 38.9 Å². The molecule has 1 amide bonds. The van der Waals surface area contributed by atoms with E-state index in [9.17, 15) is 28.4 Å². The predicted molar refractivity (Wildman–Crippen MR) is 511 cm³/mol. The molecule has 0 saturated heterocycles. The van der Waals surface area contributed by atoms with Gasteiger partial charge in [0.25, 0.3) is 11.9 Å². The summed E-state index contributed by atoms with van der Waals surface area (Å²) in [5.41, 5.74) is 44.9. The van der Waals surface area contributed by atoms with Crippen LogP contribution < -0.4 is 22.5 Å². The van der Waals surface area contributed by atoms with Gasteiger partial charge in [0.05, 0.1) is 114 Å². The quantitative estimate of drug-likeness (QED) is 0.0303. The summed E-state index contributed by atoms with van der Waals surface area (Å²) in [6.45, 7) is 59.3. The van der Waals surface area contributed by atoms with Gasteiger partial charge in [-0.25, -0.2) is 4.79 Å². The van der Waals surface area contributed by atoms with Crippen LogP contribution in [0.1, 0.15) is 289 Å². The molecule has 0 heterocycles. The Labute approximate surface area is 761 Å². The first-order valence-corrected chi connectivity index (χ1v) is 44.3. The number of ether oxygens (including phenoxy) is 9. The number of fused-ring (bicyclic) bond motifs is 3. The van der Waals surface area contributed by atoms with Crippen LogP contribution in [0.2, 0.25) is 0 Å². The van der Waals surface area contributed by atoms with E-state index in [-0.39, 0.29) is 72.8 Å². The van der Waals surface area contributed by atoms with Crippen molar-refractivity contribution in [3.8, 4) is 11.1 Å². The standard InChI is InChI=1S/C35H45NO5.2C20H35NO3.C12H21N.C8H16O4.2C2H4O2.CH3F.2CH4/c1-24-25(2)27(4)35(5,26(24)3)17-10-11-28(37)16-19-39-21-22-40-20-18-36-34(38)41-23-33-31-14-8-6-12-29(31)30-13-7-9-15-32(30)33;2*1-15-16(2)18(4)20(5,17(15)3)9-6-7-19(22)8-11-23-13-14-24-12-10-21;1-8-9(2)11(4)12(5,6-7-13)10(8)3;1-2-4-11-6-7-12-5-3-8(9)10;2*1-2(3)4;1-2;;/h6-9,12-15,33H,10-11,16-23H2,1-5H3,(H,36,38);2*6-14,21H2,1-5H3;6-7,13H2,1-5H3;2-7H2,1H3,(H,9,10);2*1H3,(H,3,4);1H3;2*1H4/i;;;;;;;1D;;. The zero-order valence-corrected chi connectivity index (χ0v) is 80.3. The maximum absolute atomic E-state index is 12.3. The second-order valence-corrected chi connectivity index (χ2v) is 33.2. The number of carbonyl (C=O) groups excluding carboxylic acids is 4. The number of nitrogens with one attached hydrogen (secondary N) is 1. The molecule has 0 aliphatic heterocycles. The maximum Gasteiger partial charge on any atom is 0.407 e. The molecular weight excluding hydrogens is 1600 g/mol. The highest BCUT2D eigenvalue weighted by Gasteiger charge is 2.39. The van der Waals surface area contributed by atoms with Crippen LogP contribution in [0.4, 0.5) is 9.18 Å². The van der Waals surface area contributed by atoms with E-state index in [1.807, 2.05) is 31.2 Å². The molecule has 5 aliphatic rings. The summed E-state index contributed by atoms with van der Waals surface area (Å²) in [7, 11) is -1.00. The van der Waals surface area contributed by atoms with Gasteiger partial charge in [0.1, 0.15) is 24.0 Å². The van der Waals surface area contributed by atoms with E-state index in [1.54, 1.807) is 0 Å². The summed E-state index contributed by atoms with van der Waals surface area (Å²) in [4.78, 5) is 76.6. The second-order valence-electron chi connectivity index (χ2n) is 33.2. The van der Waals surface area contributed by atoms with E-state index in [4.69, 9.17) is 86.1 Å². The van der Waals surface area contributed by atoms with Gasteiger partial charge in [-0.05, 0) is 236 Å². The molecule has 126 heavy (non-hydrogen) atoms. The number of amides is 1. The van der Waals surface area contributed by atoms with Gasteiger partial charge in [-0.15, -0.1) is 0 Å². The van der Waals surface area contributed by atoms with E-state index >= 15 is 0 Å². The van der Waals surface area contributed by atoms with Gasteiger partial charge in [0.2, 0.25) is 0 Å². The first kappa shape index (κ1) is 121. The van der Waals surface area contributed by atoms with E-state index in [1.165, 1.54) is 111 Å². The van der Waals surface area contributed by atoms with Gasteiger partial charge in [0, 0.05) is 106 Å². The zero-order chi connectivity index (χ0) is 95.1. The molecular formula is C102H171FN4O19. The number of aliphatic carboxylic acids is 3. The lowest BCUT2D eigenvalue weighted by molar-refractivity contribution is -0.138. The number of alkyl halides is 1. The smallest absolute Gasteiger partial charge is 0.407 e. The monoisotopic (exact) mass is 1780 g/mol. The minimum Gasteiger partial charge on any atom is -0.481 e. The third kappa shape index (κ3) is 42.4. The van der Waals surface area contributed by atoms with Crippen molar-refractivity contribution in [3.05, 3.63) is 149 Å². The topological polar surface area (TPSA) is 353 Å². The van der Waals surface area contributed by atoms with E-state index in [0.717, 1.165) is 78.4 Å². The second kappa shape index (κ2) is 66.8. The lowest BCUT2D eigenvalue weighted by atomic mass is 9.75. The predicted octanol–water partition coefficient (Wildman–Crippen LogP) is 21.0. The number of halogens is 1. The van der Waals surface area contributed by atoms with Crippen molar-refractivity contribution >= 4 is 41.4 Å². The highest BCUT2D eigenvalue weighted by Crippen LogP contribution is 2.53. The summed E-state index contributed by atoms with van der Waals surface area (Å²) in [6, 6.07) is 16.5. The van der Waals surface area contributed by atoms with Crippen LogP contribution in [0.25, 0.3) is 11.1 Å². The van der Waals surface area contributed by atoms with Crippen LogP contribution in [0.3, 0.4) is 0 Å². The van der Waals surface area contributed by atoms with Gasteiger partial charge >= 0.3 is 12.1 Å². The molecule has 0 fully saturated rings. The fourth-order valence-corrected chi connectivity index (χ4v) is 16.0. The van der Waals surface area contributed by atoms with Crippen molar-refractivity contribution in [1.82, 2.24) is 5.32 Å². The molecule has 7 rings (SSSR count). The summed E-state index contributed by atoms with van der Waals surface area (Å²) < 4.78 is 63.5. The number of allylic oxidation sites excluding steroid dienone is 16. The minimum atomic E-state index is -1.00. The van der Waals surface area contributed by atoms with Crippen LogP contribution in [-0.4, -0.2) is 202 Å². The fraction of sp³-hybridized carbons (Fsp3) is 0.657. The third-order valence-corrected chi connectivity index (χ3v) is 25.7. The minimum absolute atomic E-state index is 0. The van der Waals surface area contributed by atoms with Crippen molar-refractivity contribution in [3.63, 3.8) is 0 Å². The molecule has 2 aromatic carbocycles. The zero-order valence-electron chi connectivity index (χ0n) is 81.3. The Kier molecular flexibility index (Phi) is 64.0. The molecule has 720 valence electrons. The number of ketones is 3. The molecule has 5 aliphatic carbocycles. The number of alkyl carbamates (subject to hydrolysis) is 1. The number of nitrogens with two attached hydrogens (primary N) is 3. The lowest BCUT2D eigenvalue weighted by Crippen LogP contribution is -2.29. The van der Waals surface area contributed by atoms with Gasteiger partial charge in [-0.1, -0.05) is 143 Å². The van der Waals surface area contributed by atoms with Crippen LogP contribution in [0, 0.1) is 21.7 Å². The average Bonchev–Trinajstić information content (AvgIpc) is 1.41. The van der Waals surface area contributed by atoms with Crippen molar-refractivity contribution < 1.29 is 97.3 Å². The van der Waals surface area contributed by atoms with Gasteiger partial charge in [-0.2, -0.15) is 0 Å². The van der Waals surface area contributed by atoms with E-state index in [0.29, 0.717) is 157 Å². The van der Waals surface area contributed by atoms with E-state index in [2.05, 4.69) is 168 Å². The number of hydrogen-bond acceptors (Lipinski definition) is 19. The Hall–Kier alpha value is -7.46.